The molecule has 0 amide bonds. The molecule has 4 aromatic rings. The highest BCUT2D eigenvalue weighted by atomic mass is 16.6. The van der Waals surface area contributed by atoms with Crippen LogP contribution in [0.2, 0.25) is 0 Å². The maximum Gasteiger partial charge on any atom is 0.331 e. The standard InChI is InChI=1S/C39H45N3O6/c1-10-43-34-22-28(19-25(4)5)13-16-31(34)46-37-40-38(47-32-17-14-29(20-26(6)7)23-35(32)44-11-2)42-39(41-37)48-33-18-15-30(21-27(8)9)24-36(33)45-12-3/h13-18,22-24H,4,6,8,10-12,19-21H2,1-3,5,7,9H3. The molecular formula is C39H45N3O6. The molecular weight excluding hydrogens is 606 g/mol. The van der Waals surface area contributed by atoms with Gasteiger partial charge in [-0.3, -0.25) is 0 Å². The zero-order valence-corrected chi connectivity index (χ0v) is 28.9. The summed E-state index contributed by atoms with van der Waals surface area (Å²) in [6, 6.07) is 16.9. The van der Waals surface area contributed by atoms with Gasteiger partial charge in [-0.05, 0) is 114 Å². The van der Waals surface area contributed by atoms with Crippen LogP contribution in [0.5, 0.6) is 52.5 Å². The topological polar surface area (TPSA) is 94.1 Å². The Morgan fingerprint density at radius 3 is 0.958 bits per heavy atom. The predicted octanol–water partition coefficient (Wildman–Crippen LogP) is 9.80. The molecule has 9 heteroatoms. The van der Waals surface area contributed by atoms with E-state index in [-0.39, 0.29) is 18.0 Å². The summed E-state index contributed by atoms with van der Waals surface area (Å²) >= 11 is 0. The number of benzene rings is 3. The van der Waals surface area contributed by atoms with Crippen LogP contribution in [-0.4, -0.2) is 34.8 Å². The van der Waals surface area contributed by atoms with E-state index < -0.39 is 0 Å². The average molecular weight is 652 g/mol. The Balaban J connectivity index is 1.76. The van der Waals surface area contributed by atoms with Gasteiger partial charge in [0.15, 0.2) is 34.5 Å². The SMILES string of the molecule is C=C(C)Cc1ccc(Oc2nc(Oc3ccc(CC(=C)C)cc3OCC)nc(Oc3ccc(CC(=C)C)cc3OCC)n2)c(OCC)c1. The van der Waals surface area contributed by atoms with E-state index in [1.807, 2.05) is 96.1 Å². The first-order valence-electron chi connectivity index (χ1n) is 16.1. The average Bonchev–Trinajstić information content (AvgIpc) is 3.00. The van der Waals surface area contributed by atoms with Crippen LogP contribution < -0.4 is 28.4 Å². The molecule has 48 heavy (non-hydrogen) atoms. The van der Waals surface area contributed by atoms with Crippen LogP contribution in [0.1, 0.15) is 58.2 Å². The molecule has 0 aliphatic rings. The minimum Gasteiger partial charge on any atom is -0.490 e. The molecule has 0 radical (unpaired) electrons. The number of nitrogens with zero attached hydrogens (tertiary/aromatic N) is 3. The molecule has 0 saturated heterocycles. The van der Waals surface area contributed by atoms with Crippen LogP contribution in [0.4, 0.5) is 0 Å². The monoisotopic (exact) mass is 651 g/mol. The van der Waals surface area contributed by atoms with Crippen LogP contribution in [0.3, 0.4) is 0 Å². The molecule has 252 valence electrons. The highest BCUT2D eigenvalue weighted by Crippen LogP contribution is 2.37. The number of hydrogen-bond donors (Lipinski definition) is 0. The van der Waals surface area contributed by atoms with Crippen LogP contribution in [0.25, 0.3) is 0 Å². The van der Waals surface area contributed by atoms with Crippen LogP contribution in [-0.2, 0) is 19.3 Å². The van der Waals surface area contributed by atoms with Gasteiger partial charge in [-0.25, -0.2) is 0 Å². The lowest BCUT2D eigenvalue weighted by Crippen LogP contribution is -2.04. The molecule has 0 N–H and O–H groups in total. The van der Waals surface area contributed by atoms with Crippen molar-refractivity contribution in [3.8, 4) is 52.5 Å². The van der Waals surface area contributed by atoms with Crippen molar-refractivity contribution in [2.45, 2.75) is 60.8 Å². The van der Waals surface area contributed by atoms with E-state index in [4.69, 9.17) is 28.4 Å². The third kappa shape index (κ3) is 10.4. The highest BCUT2D eigenvalue weighted by Gasteiger charge is 2.19. The quantitative estimate of drug-likeness (QED) is 0.0975. The molecule has 1 aromatic heterocycles. The largest absolute Gasteiger partial charge is 0.490 e. The van der Waals surface area contributed by atoms with Crippen molar-refractivity contribution >= 4 is 0 Å². The van der Waals surface area contributed by atoms with Gasteiger partial charge in [0.25, 0.3) is 0 Å². The summed E-state index contributed by atoms with van der Waals surface area (Å²) in [7, 11) is 0. The fourth-order valence-corrected chi connectivity index (χ4v) is 4.84. The van der Waals surface area contributed by atoms with E-state index in [0.717, 1.165) is 33.4 Å². The second-order valence-electron chi connectivity index (χ2n) is 11.5. The Kier molecular flexibility index (Phi) is 12.6. The first kappa shape index (κ1) is 35.5. The molecule has 0 unspecified atom stereocenters. The second kappa shape index (κ2) is 17.0. The highest BCUT2D eigenvalue weighted by molar-refractivity contribution is 5.48. The lowest BCUT2D eigenvalue weighted by molar-refractivity contribution is 0.298. The zero-order valence-electron chi connectivity index (χ0n) is 28.9. The molecule has 0 spiro atoms. The fourth-order valence-electron chi connectivity index (χ4n) is 4.84. The Morgan fingerprint density at radius 1 is 0.458 bits per heavy atom. The maximum atomic E-state index is 6.21. The molecule has 0 bridgehead atoms. The van der Waals surface area contributed by atoms with Crippen molar-refractivity contribution in [2.75, 3.05) is 19.8 Å². The molecule has 0 aliphatic heterocycles. The number of rotatable bonds is 18. The summed E-state index contributed by atoms with van der Waals surface area (Å²) in [5.41, 5.74) is 6.22. The van der Waals surface area contributed by atoms with E-state index in [1.54, 1.807) is 0 Å². The van der Waals surface area contributed by atoms with Gasteiger partial charge in [-0.15, -0.1) is 15.0 Å². The third-order valence-corrected chi connectivity index (χ3v) is 6.62. The summed E-state index contributed by atoms with van der Waals surface area (Å²) in [4.78, 5) is 13.5. The second-order valence-corrected chi connectivity index (χ2v) is 11.5. The Bertz CT molecular complexity index is 1550. The number of aromatic nitrogens is 3. The summed E-state index contributed by atoms with van der Waals surface area (Å²) in [5.74, 6) is 2.89. The molecule has 1 heterocycles. The minimum absolute atomic E-state index is 0.0580. The Morgan fingerprint density at radius 2 is 0.729 bits per heavy atom. The molecule has 0 atom stereocenters. The van der Waals surface area contributed by atoms with E-state index in [9.17, 15) is 0 Å². The summed E-state index contributed by atoms with van der Waals surface area (Å²) in [5, 5.41) is 0. The van der Waals surface area contributed by atoms with E-state index in [2.05, 4.69) is 34.7 Å². The molecule has 3 aromatic carbocycles. The van der Waals surface area contributed by atoms with Crippen molar-refractivity contribution in [3.05, 3.63) is 108 Å². The number of ether oxygens (including phenoxy) is 6. The molecule has 0 saturated carbocycles. The zero-order chi connectivity index (χ0) is 34.6. The summed E-state index contributed by atoms with van der Waals surface area (Å²) in [6.45, 7) is 25.1. The summed E-state index contributed by atoms with van der Waals surface area (Å²) in [6.07, 6.45) is 2.13. The fraction of sp³-hybridized carbons (Fsp3) is 0.308. The summed E-state index contributed by atoms with van der Waals surface area (Å²) < 4.78 is 36.4. The van der Waals surface area contributed by atoms with Crippen LogP contribution in [0, 0.1) is 0 Å². The lowest BCUT2D eigenvalue weighted by atomic mass is 10.1. The number of hydrogen-bond acceptors (Lipinski definition) is 9. The van der Waals surface area contributed by atoms with Crippen molar-refractivity contribution in [1.82, 2.24) is 15.0 Å². The normalized spacial score (nSPS) is 10.6. The van der Waals surface area contributed by atoms with Crippen LogP contribution >= 0.6 is 0 Å². The first-order chi connectivity index (χ1) is 23.1. The van der Waals surface area contributed by atoms with Gasteiger partial charge in [0.2, 0.25) is 0 Å². The van der Waals surface area contributed by atoms with Gasteiger partial charge >= 0.3 is 18.0 Å². The minimum atomic E-state index is -0.0580. The van der Waals surface area contributed by atoms with Gasteiger partial charge in [-0.2, -0.15) is 0 Å². The Hall–Kier alpha value is -5.31. The number of allylic oxidation sites excluding steroid dienone is 3. The smallest absolute Gasteiger partial charge is 0.331 e. The van der Waals surface area contributed by atoms with Gasteiger partial charge in [0.05, 0.1) is 19.8 Å². The van der Waals surface area contributed by atoms with E-state index in [0.29, 0.717) is 73.6 Å². The van der Waals surface area contributed by atoms with Crippen molar-refractivity contribution < 1.29 is 28.4 Å². The molecule has 4 rings (SSSR count). The maximum absolute atomic E-state index is 6.21. The van der Waals surface area contributed by atoms with Crippen molar-refractivity contribution in [3.63, 3.8) is 0 Å². The van der Waals surface area contributed by atoms with Gasteiger partial charge in [0, 0.05) is 0 Å². The molecule has 0 fully saturated rings. The van der Waals surface area contributed by atoms with Crippen molar-refractivity contribution in [1.29, 1.82) is 0 Å². The van der Waals surface area contributed by atoms with Gasteiger partial charge in [-0.1, -0.05) is 54.7 Å². The molecule has 9 nitrogen and oxygen atoms in total. The van der Waals surface area contributed by atoms with Gasteiger partial charge in [0.1, 0.15) is 0 Å². The predicted molar refractivity (Wildman–Crippen MR) is 188 cm³/mol. The van der Waals surface area contributed by atoms with Crippen LogP contribution in [0.15, 0.2) is 91.1 Å². The molecule has 0 aliphatic carbocycles. The van der Waals surface area contributed by atoms with E-state index in [1.165, 1.54) is 0 Å². The first-order valence-corrected chi connectivity index (χ1v) is 16.1. The van der Waals surface area contributed by atoms with Crippen molar-refractivity contribution in [2.24, 2.45) is 0 Å². The Labute approximate surface area is 283 Å². The lowest BCUT2D eigenvalue weighted by Gasteiger charge is -2.15. The van der Waals surface area contributed by atoms with Gasteiger partial charge < -0.3 is 28.4 Å². The van der Waals surface area contributed by atoms with E-state index >= 15 is 0 Å². The third-order valence-electron chi connectivity index (χ3n) is 6.62.